The predicted octanol–water partition coefficient (Wildman–Crippen LogP) is 3.02. The Bertz CT molecular complexity index is 653. The fraction of sp³-hybridized carbons (Fsp3) is 0.417. The molecule has 0 fully saturated rings. The van der Waals surface area contributed by atoms with Gasteiger partial charge in [-0.05, 0) is 37.3 Å². The van der Waals surface area contributed by atoms with Gasteiger partial charge in [0.2, 0.25) is 11.8 Å². The van der Waals surface area contributed by atoms with Crippen LogP contribution in [0, 0.1) is 0 Å². The normalized spacial score (nSPS) is 14.8. The number of nitrogens with one attached hydrogen (secondary N) is 2. The zero-order valence-electron chi connectivity index (χ0n) is 10.8. The third-order valence-electron chi connectivity index (χ3n) is 3.20. The van der Waals surface area contributed by atoms with Crippen LogP contribution in [0.25, 0.3) is 0 Å². The number of amides is 1. The molecule has 1 aliphatic rings. The monoisotopic (exact) mass is 316 g/mol. The summed E-state index contributed by atoms with van der Waals surface area (Å²) in [7, 11) is 0. The van der Waals surface area contributed by atoms with Gasteiger partial charge in [-0.25, -0.2) is 0 Å². The van der Waals surface area contributed by atoms with Gasteiger partial charge in [0.15, 0.2) is 0 Å². The summed E-state index contributed by atoms with van der Waals surface area (Å²) in [5.74, 6) is -2.09. The van der Waals surface area contributed by atoms with Gasteiger partial charge in [-0.3, -0.25) is 15.2 Å². The Morgan fingerprint density at radius 2 is 2.10 bits per heavy atom. The number of carbonyl (C=O) groups is 1. The highest BCUT2D eigenvalue weighted by molar-refractivity contribution is 7.14. The van der Waals surface area contributed by atoms with Gasteiger partial charge in [0.1, 0.15) is 0 Å². The molecular formula is C12H11F3N4OS. The summed E-state index contributed by atoms with van der Waals surface area (Å²) >= 11 is 1.38. The van der Waals surface area contributed by atoms with Crippen LogP contribution in [0.4, 0.5) is 19.1 Å². The van der Waals surface area contributed by atoms with Crippen LogP contribution in [0.1, 0.15) is 38.8 Å². The summed E-state index contributed by atoms with van der Waals surface area (Å²) < 4.78 is 37.1. The molecule has 0 aliphatic heterocycles. The second-order valence-corrected chi connectivity index (χ2v) is 5.86. The second-order valence-electron chi connectivity index (χ2n) is 4.73. The van der Waals surface area contributed by atoms with E-state index in [0.29, 0.717) is 4.88 Å². The summed E-state index contributed by atoms with van der Waals surface area (Å²) in [6.45, 7) is 0. The van der Waals surface area contributed by atoms with E-state index in [1.54, 1.807) is 11.2 Å². The maximum Gasteiger partial charge on any atom is 0.451 e. The molecule has 3 rings (SSSR count). The van der Waals surface area contributed by atoms with E-state index < -0.39 is 17.9 Å². The zero-order chi connectivity index (χ0) is 15.0. The van der Waals surface area contributed by atoms with E-state index in [1.165, 1.54) is 16.2 Å². The summed E-state index contributed by atoms with van der Waals surface area (Å²) in [6.07, 6.45) is -0.521. The second kappa shape index (κ2) is 5.14. The minimum absolute atomic E-state index is 0.376. The fourth-order valence-electron chi connectivity index (χ4n) is 2.21. The Labute approximate surface area is 121 Å². The van der Waals surface area contributed by atoms with Gasteiger partial charge in [0.25, 0.3) is 5.91 Å². The molecule has 0 saturated heterocycles. The Hall–Kier alpha value is -1.90. The molecule has 0 radical (unpaired) electrons. The molecular weight excluding hydrogens is 305 g/mol. The molecule has 0 bridgehead atoms. The van der Waals surface area contributed by atoms with Crippen molar-refractivity contribution < 1.29 is 18.0 Å². The van der Waals surface area contributed by atoms with Crippen LogP contribution < -0.4 is 5.32 Å². The van der Waals surface area contributed by atoms with Crippen molar-refractivity contribution >= 4 is 23.2 Å². The van der Waals surface area contributed by atoms with Gasteiger partial charge in [-0.2, -0.15) is 18.2 Å². The van der Waals surface area contributed by atoms with Crippen molar-refractivity contribution in [3.8, 4) is 0 Å². The standard InChI is InChI=1S/C12H11F3N4OS/c13-12(14,15)10-17-11(19-18-10)16-9(20)8-5-6-3-1-2-4-7(6)21-8/h5H,1-4H2,(H2,16,17,18,19,20). The van der Waals surface area contributed by atoms with Crippen molar-refractivity contribution in [3.63, 3.8) is 0 Å². The quantitative estimate of drug-likeness (QED) is 0.894. The van der Waals surface area contributed by atoms with E-state index in [9.17, 15) is 18.0 Å². The van der Waals surface area contributed by atoms with E-state index in [4.69, 9.17) is 0 Å². The lowest BCUT2D eigenvalue weighted by Gasteiger charge is -2.08. The van der Waals surface area contributed by atoms with E-state index in [0.717, 1.165) is 31.2 Å². The van der Waals surface area contributed by atoms with E-state index in [2.05, 4.69) is 15.4 Å². The number of alkyl halides is 3. The topological polar surface area (TPSA) is 70.7 Å². The highest BCUT2D eigenvalue weighted by atomic mass is 32.1. The third-order valence-corrected chi connectivity index (χ3v) is 4.44. The molecule has 2 aromatic heterocycles. The van der Waals surface area contributed by atoms with Gasteiger partial charge in [-0.15, -0.1) is 16.4 Å². The molecule has 2 heterocycles. The number of thiophene rings is 1. The first-order chi connectivity index (χ1) is 9.93. The molecule has 21 heavy (non-hydrogen) atoms. The van der Waals surface area contributed by atoms with Crippen LogP contribution in [0.2, 0.25) is 0 Å². The Kier molecular flexibility index (Phi) is 3.44. The lowest BCUT2D eigenvalue weighted by atomic mass is 9.99. The first kappa shape index (κ1) is 14.1. The summed E-state index contributed by atoms with van der Waals surface area (Å²) in [5.41, 5.74) is 1.15. The van der Waals surface area contributed by atoms with Crippen molar-refractivity contribution in [2.45, 2.75) is 31.9 Å². The highest BCUT2D eigenvalue weighted by Crippen LogP contribution is 2.30. The Balaban J connectivity index is 1.74. The number of carbonyl (C=O) groups excluding carboxylic acids is 1. The Morgan fingerprint density at radius 1 is 1.33 bits per heavy atom. The minimum Gasteiger partial charge on any atom is -0.288 e. The van der Waals surface area contributed by atoms with Crippen LogP contribution in [0.5, 0.6) is 0 Å². The Morgan fingerprint density at radius 3 is 2.76 bits per heavy atom. The highest BCUT2D eigenvalue weighted by Gasteiger charge is 2.35. The van der Waals surface area contributed by atoms with Gasteiger partial charge >= 0.3 is 6.18 Å². The van der Waals surface area contributed by atoms with Crippen molar-refractivity contribution in [2.75, 3.05) is 5.32 Å². The third kappa shape index (κ3) is 2.92. The average Bonchev–Trinajstić information content (AvgIpc) is 3.03. The van der Waals surface area contributed by atoms with E-state index in [-0.39, 0.29) is 5.95 Å². The SMILES string of the molecule is O=C(Nc1n[nH]c(C(F)(F)F)n1)c1cc2c(s1)CCCC2. The summed E-state index contributed by atoms with van der Waals surface area (Å²) in [5, 5.41) is 7.38. The number of aryl methyl sites for hydroxylation is 2. The predicted molar refractivity (Wildman–Crippen MR) is 70.3 cm³/mol. The maximum atomic E-state index is 12.4. The lowest BCUT2D eigenvalue weighted by Crippen LogP contribution is -2.12. The average molecular weight is 316 g/mol. The zero-order valence-corrected chi connectivity index (χ0v) is 11.6. The summed E-state index contributed by atoms with van der Waals surface area (Å²) in [4.78, 5) is 16.9. The molecule has 1 aliphatic carbocycles. The fourth-order valence-corrected chi connectivity index (χ4v) is 3.36. The molecule has 9 heteroatoms. The maximum absolute atomic E-state index is 12.4. The number of halogens is 3. The number of rotatable bonds is 2. The van der Waals surface area contributed by atoms with E-state index >= 15 is 0 Å². The smallest absolute Gasteiger partial charge is 0.288 e. The molecule has 0 saturated carbocycles. The van der Waals surface area contributed by atoms with Crippen molar-refractivity contribution in [3.05, 3.63) is 27.2 Å². The van der Waals surface area contributed by atoms with E-state index in [1.807, 2.05) is 0 Å². The number of aromatic amines is 1. The molecule has 0 aromatic carbocycles. The summed E-state index contributed by atoms with van der Waals surface area (Å²) in [6, 6.07) is 1.80. The first-order valence-corrected chi connectivity index (χ1v) is 7.17. The van der Waals surface area contributed by atoms with Crippen LogP contribution >= 0.6 is 11.3 Å². The molecule has 2 N–H and O–H groups in total. The van der Waals surface area contributed by atoms with Crippen LogP contribution in [0.15, 0.2) is 6.07 Å². The van der Waals surface area contributed by atoms with Crippen LogP contribution in [0.3, 0.4) is 0 Å². The molecule has 0 atom stereocenters. The van der Waals surface area contributed by atoms with Gasteiger partial charge in [0.05, 0.1) is 4.88 Å². The van der Waals surface area contributed by atoms with Gasteiger partial charge < -0.3 is 0 Å². The molecule has 112 valence electrons. The number of hydrogen-bond acceptors (Lipinski definition) is 4. The van der Waals surface area contributed by atoms with Crippen molar-refractivity contribution in [2.24, 2.45) is 0 Å². The molecule has 1 amide bonds. The molecule has 5 nitrogen and oxygen atoms in total. The number of fused-ring (bicyclic) bond motifs is 1. The van der Waals surface area contributed by atoms with Crippen LogP contribution in [-0.4, -0.2) is 21.1 Å². The largest absolute Gasteiger partial charge is 0.451 e. The van der Waals surface area contributed by atoms with Crippen molar-refractivity contribution in [1.29, 1.82) is 0 Å². The van der Waals surface area contributed by atoms with Crippen LogP contribution in [-0.2, 0) is 19.0 Å². The number of anilines is 1. The number of nitrogens with zero attached hydrogens (tertiary/aromatic N) is 2. The number of hydrogen-bond donors (Lipinski definition) is 2. The first-order valence-electron chi connectivity index (χ1n) is 6.36. The minimum atomic E-state index is -4.61. The lowest BCUT2D eigenvalue weighted by molar-refractivity contribution is -0.144. The van der Waals surface area contributed by atoms with Gasteiger partial charge in [-0.1, -0.05) is 0 Å². The molecule has 2 aromatic rings. The number of aromatic nitrogens is 3. The number of H-pyrrole nitrogens is 1. The van der Waals surface area contributed by atoms with Gasteiger partial charge in [0, 0.05) is 4.88 Å². The molecule has 0 unspecified atom stereocenters. The molecule has 0 spiro atoms. The van der Waals surface area contributed by atoms with Crippen molar-refractivity contribution in [1.82, 2.24) is 15.2 Å².